The number of carbonyl (C=O) groups excluding carboxylic acids is 1. The zero-order valence-corrected chi connectivity index (χ0v) is 17.8. The Morgan fingerprint density at radius 2 is 1.85 bits per heavy atom. The number of ether oxygens (including phenoxy) is 3. The van der Waals surface area contributed by atoms with Crippen LogP contribution < -0.4 is 19.5 Å². The van der Waals surface area contributed by atoms with E-state index >= 15 is 0 Å². The van der Waals surface area contributed by atoms with Gasteiger partial charge in [0.15, 0.2) is 0 Å². The van der Waals surface area contributed by atoms with Crippen molar-refractivity contribution >= 4 is 56.2 Å². The summed E-state index contributed by atoms with van der Waals surface area (Å²) in [6.45, 7) is 0.323. The number of hydrogen-bond acceptors (Lipinski definition) is 6. The Morgan fingerprint density at radius 3 is 2.44 bits per heavy atom. The third-order valence-corrected chi connectivity index (χ3v) is 5.36. The third kappa shape index (κ3) is 5.03. The zero-order chi connectivity index (χ0) is 19.4. The Kier molecular flexibility index (Phi) is 6.41. The largest absolute Gasteiger partial charge is 0.497 e. The van der Waals surface area contributed by atoms with Crippen LogP contribution in [0.15, 0.2) is 45.8 Å². The SMILES string of the molecule is COc1cc(COc2ccc(Br)cc2/C=C2/SC(=S)NC2=O)cc(OC)c1. The lowest BCUT2D eigenvalue weighted by Crippen LogP contribution is -2.17. The molecule has 1 saturated heterocycles. The molecule has 0 atom stereocenters. The van der Waals surface area contributed by atoms with Crippen LogP contribution in [0.5, 0.6) is 17.2 Å². The molecule has 0 radical (unpaired) electrons. The second-order valence-corrected chi connectivity index (χ2v) is 8.18. The molecule has 2 aromatic rings. The molecule has 27 heavy (non-hydrogen) atoms. The first kappa shape index (κ1) is 19.7. The maximum absolute atomic E-state index is 11.9. The molecule has 2 aromatic carbocycles. The number of carbonyl (C=O) groups is 1. The van der Waals surface area contributed by atoms with Crippen LogP contribution in [-0.4, -0.2) is 24.4 Å². The number of hydrogen-bond donors (Lipinski definition) is 1. The van der Waals surface area contributed by atoms with E-state index in [4.69, 9.17) is 26.4 Å². The summed E-state index contributed by atoms with van der Waals surface area (Å²) in [7, 11) is 3.21. The third-order valence-electron chi connectivity index (χ3n) is 3.71. The Balaban J connectivity index is 1.85. The molecule has 0 spiro atoms. The van der Waals surface area contributed by atoms with Gasteiger partial charge in [-0.1, -0.05) is 39.9 Å². The molecular weight excluding hydrogens is 450 g/mol. The van der Waals surface area contributed by atoms with E-state index < -0.39 is 0 Å². The molecule has 1 aliphatic heterocycles. The van der Waals surface area contributed by atoms with Crippen LogP contribution in [0, 0.1) is 0 Å². The van der Waals surface area contributed by atoms with Gasteiger partial charge in [-0.15, -0.1) is 0 Å². The molecule has 3 rings (SSSR count). The number of thiocarbonyl (C=S) groups is 1. The molecule has 1 fully saturated rings. The molecule has 8 heteroatoms. The molecule has 5 nitrogen and oxygen atoms in total. The molecule has 140 valence electrons. The Hall–Kier alpha value is -2.03. The number of rotatable bonds is 6. The predicted octanol–water partition coefficient (Wildman–Crippen LogP) is 4.53. The van der Waals surface area contributed by atoms with Gasteiger partial charge in [0.2, 0.25) is 0 Å². The maximum atomic E-state index is 11.9. The summed E-state index contributed by atoms with van der Waals surface area (Å²) in [5, 5.41) is 2.61. The molecule has 1 N–H and O–H groups in total. The van der Waals surface area contributed by atoms with Gasteiger partial charge < -0.3 is 19.5 Å². The van der Waals surface area contributed by atoms with Crippen molar-refractivity contribution in [3.05, 3.63) is 56.9 Å². The smallest absolute Gasteiger partial charge is 0.263 e. The molecule has 1 heterocycles. The predicted molar refractivity (Wildman–Crippen MR) is 114 cm³/mol. The number of halogens is 1. The fourth-order valence-electron chi connectivity index (χ4n) is 2.44. The van der Waals surface area contributed by atoms with E-state index in [1.807, 2.05) is 30.3 Å². The number of benzene rings is 2. The summed E-state index contributed by atoms with van der Waals surface area (Å²) in [5.74, 6) is 1.84. The van der Waals surface area contributed by atoms with E-state index in [0.717, 1.165) is 15.6 Å². The standard InChI is InChI=1S/C19H16BrNO4S2/c1-23-14-5-11(6-15(9-14)24-2)10-25-16-4-3-13(20)7-12(16)8-17-18(22)21-19(26)27-17/h3-9H,10H2,1-2H3,(H,21,22,26)/b17-8+. The minimum absolute atomic E-state index is 0.201. The highest BCUT2D eigenvalue weighted by Crippen LogP contribution is 2.32. The lowest BCUT2D eigenvalue weighted by atomic mass is 10.1. The van der Waals surface area contributed by atoms with Crippen LogP contribution in [-0.2, 0) is 11.4 Å². The lowest BCUT2D eigenvalue weighted by molar-refractivity contribution is -0.115. The fraction of sp³-hybridized carbons (Fsp3) is 0.158. The normalized spacial score (nSPS) is 15.0. The van der Waals surface area contributed by atoms with Gasteiger partial charge in [0, 0.05) is 16.1 Å². The van der Waals surface area contributed by atoms with Crippen molar-refractivity contribution in [3.8, 4) is 17.2 Å². The number of nitrogens with one attached hydrogen (secondary N) is 1. The second kappa shape index (κ2) is 8.77. The van der Waals surface area contributed by atoms with Gasteiger partial charge in [-0.2, -0.15) is 0 Å². The van der Waals surface area contributed by atoms with Gasteiger partial charge in [-0.05, 0) is 42.0 Å². The number of thioether (sulfide) groups is 1. The topological polar surface area (TPSA) is 56.8 Å². The summed E-state index contributed by atoms with van der Waals surface area (Å²) < 4.78 is 17.9. The minimum atomic E-state index is -0.201. The fourth-order valence-corrected chi connectivity index (χ4v) is 3.85. The van der Waals surface area contributed by atoms with Crippen molar-refractivity contribution in [2.45, 2.75) is 6.61 Å². The van der Waals surface area contributed by atoms with E-state index in [2.05, 4.69) is 21.2 Å². The van der Waals surface area contributed by atoms with Crippen LogP contribution in [0.1, 0.15) is 11.1 Å². The summed E-state index contributed by atoms with van der Waals surface area (Å²) in [5.41, 5.74) is 1.68. The highest BCUT2D eigenvalue weighted by Gasteiger charge is 2.22. The van der Waals surface area contributed by atoms with E-state index in [1.165, 1.54) is 11.8 Å². The number of amides is 1. The highest BCUT2D eigenvalue weighted by atomic mass is 79.9. The van der Waals surface area contributed by atoms with Crippen molar-refractivity contribution in [2.75, 3.05) is 14.2 Å². The van der Waals surface area contributed by atoms with E-state index in [1.54, 1.807) is 26.4 Å². The summed E-state index contributed by atoms with van der Waals surface area (Å²) in [6, 6.07) is 11.2. The first-order valence-corrected chi connectivity index (χ1v) is 9.89. The summed E-state index contributed by atoms with van der Waals surface area (Å²) >= 11 is 9.73. The zero-order valence-electron chi connectivity index (χ0n) is 14.6. The van der Waals surface area contributed by atoms with E-state index in [0.29, 0.717) is 33.1 Å². The van der Waals surface area contributed by atoms with Gasteiger partial charge in [-0.3, -0.25) is 4.79 Å². The summed E-state index contributed by atoms with van der Waals surface area (Å²) in [4.78, 5) is 12.5. The van der Waals surface area contributed by atoms with Crippen LogP contribution in [0.4, 0.5) is 0 Å². The second-order valence-electron chi connectivity index (χ2n) is 5.54. The van der Waals surface area contributed by atoms with Crippen molar-refractivity contribution < 1.29 is 19.0 Å². The molecule has 0 aliphatic carbocycles. The van der Waals surface area contributed by atoms with Crippen LogP contribution in [0.2, 0.25) is 0 Å². The van der Waals surface area contributed by atoms with E-state index in [-0.39, 0.29) is 5.91 Å². The van der Waals surface area contributed by atoms with E-state index in [9.17, 15) is 4.79 Å². The Bertz CT molecular complexity index is 908. The quantitative estimate of drug-likeness (QED) is 0.499. The molecule has 0 aromatic heterocycles. The van der Waals surface area contributed by atoms with Crippen molar-refractivity contribution in [1.29, 1.82) is 0 Å². The Labute approximate surface area is 175 Å². The van der Waals surface area contributed by atoms with Gasteiger partial charge in [-0.25, -0.2) is 0 Å². The Morgan fingerprint density at radius 1 is 1.15 bits per heavy atom. The van der Waals surface area contributed by atoms with Crippen molar-refractivity contribution in [3.63, 3.8) is 0 Å². The molecule has 0 saturated carbocycles. The molecule has 0 bridgehead atoms. The monoisotopic (exact) mass is 465 g/mol. The average molecular weight is 466 g/mol. The van der Waals surface area contributed by atoms with Crippen LogP contribution in [0.3, 0.4) is 0 Å². The van der Waals surface area contributed by atoms with Gasteiger partial charge >= 0.3 is 0 Å². The average Bonchev–Trinajstić information content (AvgIpc) is 2.97. The highest BCUT2D eigenvalue weighted by molar-refractivity contribution is 9.10. The molecule has 1 aliphatic rings. The number of methoxy groups -OCH3 is 2. The lowest BCUT2D eigenvalue weighted by Gasteiger charge is -2.12. The van der Waals surface area contributed by atoms with Crippen molar-refractivity contribution in [1.82, 2.24) is 5.32 Å². The van der Waals surface area contributed by atoms with Crippen LogP contribution in [0.25, 0.3) is 6.08 Å². The van der Waals surface area contributed by atoms with Crippen LogP contribution >= 0.6 is 39.9 Å². The summed E-state index contributed by atoms with van der Waals surface area (Å²) in [6.07, 6.45) is 1.77. The maximum Gasteiger partial charge on any atom is 0.263 e. The molecule has 1 amide bonds. The van der Waals surface area contributed by atoms with Gasteiger partial charge in [0.1, 0.15) is 28.2 Å². The molecular formula is C19H16BrNO4S2. The minimum Gasteiger partial charge on any atom is -0.497 e. The first-order chi connectivity index (χ1) is 13.0. The van der Waals surface area contributed by atoms with Gasteiger partial charge in [0.25, 0.3) is 5.91 Å². The van der Waals surface area contributed by atoms with Gasteiger partial charge in [0.05, 0.1) is 19.1 Å². The first-order valence-electron chi connectivity index (χ1n) is 7.87. The van der Waals surface area contributed by atoms with Crippen molar-refractivity contribution in [2.24, 2.45) is 0 Å². The molecule has 0 unspecified atom stereocenters.